The van der Waals surface area contributed by atoms with E-state index in [9.17, 15) is 9.59 Å². The van der Waals surface area contributed by atoms with Crippen LogP contribution in [0.2, 0.25) is 0 Å². The van der Waals surface area contributed by atoms with Gasteiger partial charge < -0.3 is 5.11 Å². The van der Waals surface area contributed by atoms with E-state index in [0.717, 1.165) is 12.8 Å². The molecular weight excluding hydrogens is 288 g/mol. The van der Waals surface area contributed by atoms with Gasteiger partial charge in [-0.25, -0.2) is 0 Å². The van der Waals surface area contributed by atoms with E-state index in [2.05, 4.69) is 6.92 Å². The molecule has 0 radical (unpaired) electrons. The first-order chi connectivity index (χ1) is 10.1. The summed E-state index contributed by atoms with van der Waals surface area (Å²) in [4.78, 5) is 21.7. The van der Waals surface area contributed by atoms with Crippen LogP contribution in [0, 0.1) is 5.92 Å². The standard InChI is InChI=1S/C17H29ClO3/c1-2-3-4-5-6-7-8-9-10-11-12-15(17(18)21)13-14-16(19)20/h11-12,15H,2-10,13-14H2,1H3,(H,19,20)/b12-11-. The average Bonchev–Trinajstić information content (AvgIpc) is 2.43. The third-order valence-corrected chi connectivity index (χ3v) is 3.83. The van der Waals surface area contributed by atoms with E-state index in [1.807, 2.05) is 6.08 Å². The second-order valence-electron chi connectivity index (χ2n) is 5.53. The van der Waals surface area contributed by atoms with Crippen molar-refractivity contribution in [2.24, 2.45) is 5.92 Å². The molecule has 0 heterocycles. The summed E-state index contributed by atoms with van der Waals surface area (Å²) in [5.41, 5.74) is 0. The fourth-order valence-electron chi connectivity index (χ4n) is 2.22. The summed E-state index contributed by atoms with van der Waals surface area (Å²) >= 11 is 5.47. The minimum atomic E-state index is -0.894. The molecule has 0 aromatic carbocycles. The minimum absolute atomic E-state index is 0.0226. The smallest absolute Gasteiger partial charge is 0.303 e. The Hall–Kier alpha value is -0.830. The highest BCUT2D eigenvalue weighted by atomic mass is 35.5. The molecule has 0 spiro atoms. The summed E-state index contributed by atoms with van der Waals surface area (Å²) in [5.74, 6) is -1.36. The highest BCUT2D eigenvalue weighted by molar-refractivity contribution is 6.64. The molecule has 0 rings (SSSR count). The molecule has 0 bridgehead atoms. The summed E-state index contributed by atoms with van der Waals surface area (Å²) in [5, 5.41) is 8.14. The van der Waals surface area contributed by atoms with E-state index in [1.165, 1.54) is 44.9 Å². The predicted molar refractivity (Wildman–Crippen MR) is 87.6 cm³/mol. The number of hydrogen-bond acceptors (Lipinski definition) is 2. The molecule has 3 nitrogen and oxygen atoms in total. The Kier molecular flexibility index (Phi) is 13.6. The lowest BCUT2D eigenvalue weighted by Crippen LogP contribution is -2.08. The lowest BCUT2D eigenvalue weighted by Gasteiger charge is -2.05. The van der Waals surface area contributed by atoms with Crippen LogP contribution >= 0.6 is 11.6 Å². The maximum atomic E-state index is 11.2. The maximum Gasteiger partial charge on any atom is 0.303 e. The molecule has 0 aliphatic carbocycles. The van der Waals surface area contributed by atoms with E-state index in [0.29, 0.717) is 0 Å². The summed E-state index contributed by atoms with van der Waals surface area (Å²) in [7, 11) is 0. The van der Waals surface area contributed by atoms with Crippen LogP contribution in [0.3, 0.4) is 0 Å². The largest absolute Gasteiger partial charge is 0.481 e. The van der Waals surface area contributed by atoms with Gasteiger partial charge >= 0.3 is 5.97 Å². The molecule has 0 saturated carbocycles. The van der Waals surface area contributed by atoms with Crippen molar-refractivity contribution in [3.05, 3.63) is 12.2 Å². The Labute approximate surface area is 133 Å². The fraction of sp³-hybridized carbons (Fsp3) is 0.765. The maximum absolute atomic E-state index is 11.2. The molecule has 21 heavy (non-hydrogen) atoms. The molecule has 122 valence electrons. The van der Waals surface area contributed by atoms with Gasteiger partial charge in [0.15, 0.2) is 0 Å². The van der Waals surface area contributed by atoms with Gasteiger partial charge in [-0.05, 0) is 30.9 Å². The molecule has 0 fully saturated rings. The van der Waals surface area contributed by atoms with Crippen LogP contribution in [0.5, 0.6) is 0 Å². The Morgan fingerprint density at radius 1 is 1.05 bits per heavy atom. The van der Waals surface area contributed by atoms with Gasteiger partial charge in [-0.3, -0.25) is 9.59 Å². The van der Waals surface area contributed by atoms with Crippen molar-refractivity contribution in [1.82, 2.24) is 0 Å². The molecular formula is C17H29ClO3. The van der Waals surface area contributed by atoms with Crippen molar-refractivity contribution in [1.29, 1.82) is 0 Å². The summed E-state index contributed by atoms with van der Waals surface area (Å²) < 4.78 is 0. The summed E-state index contributed by atoms with van der Waals surface area (Å²) in [6.45, 7) is 2.22. The Bertz CT molecular complexity index is 313. The van der Waals surface area contributed by atoms with E-state index in [-0.39, 0.29) is 12.8 Å². The molecule has 0 saturated heterocycles. The van der Waals surface area contributed by atoms with E-state index < -0.39 is 17.1 Å². The highest BCUT2D eigenvalue weighted by Gasteiger charge is 2.13. The van der Waals surface area contributed by atoms with Crippen LogP contribution in [-0.4, -0.2) is 16.3 Å². The number of carbonyl (C=O) groups excluding carboxylic acids is 1. The average molecular weight is 317 g/mol. The molecule has 0 amide bonds. The zero-order valence-corrected chi connectivity index (χ0v) is 13.9. The van der Waals surface area contributed by atoms with Crippen LogP contribution in [-0.2, 0) is 9.59 Å². The Morgan fingerprint density at radius 3 is 2.14 bits per heavy atom. The van der Waals surface area contributed by atoms with Crippen molar-refractivity contribution < 1.29 is 14.7 Å². The first-order valence-corrected chi connectivity index (χ1v) is 8.53. The van der Waals surface area contributed by atoms with Gasteiger partial charge in [0.05, 0.1) is 5.92 Å². The van der Waals surface area contributed by atoms with Crippen molar-refractivity contribution >= 4 is 22.8 Å². The number of aliphatic carboxylic acids is 1. The molecule has 1 N–H and O–H groups in total. The van der Waals surface area contributed by atoms with Crippen molar-refractivity contribution in [2.75, 3.05) is 0 Å². The number of hydrogen-bond donors (Lipinski definition) is 1. The van der Waals surface area contributed by atoms with Crippen LogP contribution in [0.4, 0.5) is 0 Å². The van der Waals surface area contributed by atoms with Gasteiger partial charge in [-0.15, -0.1) is 0 Å². The fourth-order valence-corrected chi connectivity index (χ4v) is 2.40. The van der Waals surface area contributed by atoms with Gasteiger partial charge in [-0.2, -0.15) is 0 Å². The van der Waals surface area contributed by atoms with Gasteiger partial charge in [0.25, 0.3) is 0 Å². The third-order valence-electron chi connectivity index (χ3n) is 3.55. The molecule has 0 aromatic rings. The molecule has 1 atom stereocenters. The number of rotatable bonds is 14. The van der Waals surface area contributed by atoms with E-state index in [4.69, 9.17) is 16.7 Å². The zero-order valence-electron chi connectivity index (χ0n) is 13.2. The van der Waals surface area contributed by atoms with Crippen LogP contribution in [0.25, 0.3) is 0 Å². The number of halogens is 1. The number of carboxylic acid groups (broad SMARTS) is 1. The second kappa shape index (κ2) is 14.1. The molecule has 1 unspecified atom stereocenters. The summed E-state index contributed by atoms with van der Waals surface area (Å²) in [6, 6.07) is 0. The number of allylic oxidation sites excluding steroid dienone is 2. The van der Waals surface area contributed by atoms with Gasteiger partial charge in [0.2, 0.25) is 5.24 Å². The molecule has 0 aliphatic rings. The number of carbonyl (C=O) groups is 2. The lowest BCUT2D eigenvalue weighted by atomic mass is 10.0. The normalized spacial score (nSPS) is 12.7. The minimum Gasteiger partial charge on any atom is -0.481 e. The monoisotopic (exact) mass is 316 g/mol. The predicted octanol–water partition coefficient (Wildman–Crippen LogP) is 5.32. The molecule has 0 aromatic heterocycles. The Morgan fingerprint density at radius 2 is 1.62 bits per heavy atom. The SMILES string of the molecule is CCCCCCCCCC/C=C\C(CCC(=O)O)C(=O)Cl. The van der Waals surface area contributed by atoms with Gasteiger partial charge in [-0.1, -0.05) is 64.0 Å². The zero-order chi connectivity index (χ0) is 15.9. The van der Waals surface area contributed by atoms with Crippen LogP contribution < -0.4 is 0 Å². The van der Waals surface area contributed by atoms with Crippen LogP contribution in [0.1, 0.15) is 77.6 Å². The lowest BCUT2D eigenvalue weighted by molar-refractivity contribution is -0.137. The summed E-state index contributed by atoms with van der Waals surface area (Å²) in [6.07, 6.45) is 15.1. The first-order valence-electron chi connectivity index (χ1n) is 8.15. The first kappa shape index (κ1) is 20.2. The van der Waals surface area contributed by atoms with E-state index in [1.54, 1.807) is 6.08 Å². The third kappa shape index (κ3) is 13.9. The number of carboxylic acids is 1. The van der Waals surface area contributed by atoms with Crippen molar-refractivity contribution in [3.63, 3.8) is 0 Å². The second-order valence-corrected chi connectivity index (χ2v) is 5.91. The Balaban J connectivity index is 3.62. The highest BCUT2D eigenvalue weighted by Crippen LogP contribution is 2.14. The topological polar surface area (TPSA) is 54.4 Å². The molecule has 4 heteroatoms. The van der Waals surface area contributed by atoms with Gasteiger partial charge in [0, 0.05) is 6.42 Å². The van der Waals surface area contributed by atoms with Crippen LogP contribution in [0.15, 0.2) is 12.2 Å². The van der Waals surface area contributed by atoms with Crippen molar-refractivity contribution in [3.8, 4) is 0 Å². The molecule has 0 aliphatic heterocycles. The van der Waals surface area contributed by atoms with Crippen molar-refractivity contribution in [2.45, 2.75) is 77.6 Å². The number of unbranched alkanes of at least 4 members (excludes halogenated alkanes) is 8. The van der Waals surface area contributed by atoms with E-state index >= 15 is 0 Å². The quantitative estimate of drug-likeness (QED) is 0.268. The van der Waals surface area contributed by atoms with Gasteiger partial charge in [0.1, 0.15) is 0 Å².